The minimum atomic E-state index is 0.615. The molecule has 1 aromatic rings. The molecule has 0 aliphatic rings. The van der Waals surface area contributed by atoms with E-state index in [0.29, 0.717) is 11.8 Å². The van der Waals surface area contributed by atoms with Crippen molar-refractivity contribution >= 4 is 17.4 Å². The third-order valence-electron chi connectivity index (χ3n) is 2.78. The van der Waals surface area contributed by atoms with Crippen LogP contribution in [0, 0.1) is 11.8 Å². The van der Waals surface area contributed by atoms with Crippen molar-refractivity contribution in [3.05, 3.63) is 22.8 Å². The molecule has 1 rings (SSSR count). The summed E-state index contributed by atoms with van der Waals surface area (Å²) < 4.78 is 0. The second-order valence-electron chi connectivity index (χ2n) is 5.86. The van der Waals surface area contributed by atoms with Gasteiger partial charge in [0.2, 0.25) is 0 Å². The fourth-order valence-electron chi connectivity index (χ4n) is 2.11. The summed E-state index contributed by atoms with van der Waals surface area (Å²) in [6, 6.07) is 2.10. The summed E-state index contributed by atoms with van der Waals surface area (Å²) in [5, 5.41) is 3.87. The predicted molar refractivity (Wildman–Crippen MR) is 83.9 cm³/mol. The zero-order chi connectivity index (χ0) is 14.4. The Morgan fingerprint density at radius 2 is 1.79 bits per heavy atom. The summed E-state index contributed by atoms with van der Waals surface area (Å²) in [7, 11) is 1.93. The number of rotatable bonds is 7. The SMILES string of the molecule is CNCc1cc(N(CC(C)C)CC(C)C)ncc1Cl. The Balaban J connectivity index is 2.97. The number of aromatic nitrogens is 1. The molecule has 0 amide bonds. The molecule has 0 saturated carbocycles. The van der Waals surface area contributed by atoms with Gasteiger partial charge < -0.3 is 10.2 Å². The fraction of sp³-hybridized carbons (Fsp3) is 0.667. The van der Waals surface area contributed by atoms with Crippen molar-refractivity contribution in [1.29, 1.82) is 0 Å². The standard InChI is InChI=1S/C15H26ClN3/c1-11(2)9-19(10-12(3)4)15-6-13(7-17-5)14(16)8-18-15/h6,8,11-12,17H,7,9-10H2,1-5H3. The molecule has 1 aromatic heterocycles. The van der Waals surface area contributed by atoms with Gasteiger partial charge in [0, 0.05) is 25.8 Å². The molecule has 3 nitrogen and oxygen atoms in total. The Morgan fingerprint density at radius 1 is 1.21 bits per heavy atom. The normalized spacial score (nSPS) is 11.4. The Hall–Kier alpha value is -0.800. The van der Waals surface area contributed by atoms with Crippen LogP contribution in [0.2, 0.25) is 5.02 Å². The fourth-order valence-corrected chi connectivity index (χ4v) is 2.28. The summed E-state index contributed by atoms with van der Waals surface area (Å²) in [6.45, 7) is 11.7. The lowest BCUT2D eigenvalue weighted by atomic mass is 10.1. The van der Waals surface area contributed by atoms with E-state index in [4.69, 9.17) is 11.6 Å². The van der Waals surface area contributed by atoms with E-state index in [-0.39, 0.29) is 0 Å². The average Bonchev–Trinajstić information content (AvgIpc) is 2.30. The summed E-state index contributed by atoms with van der Waals surface area (Å²) in [4.78, 5) is 6.85. The molecule has 0 atom stereocenters. The average molecular weight is 284 g/mol. The van der Waals surface area contributed by atoms with E-state index in [9.17, 15) is 0 Å². The number of hydrogen-bond acceptors (Lipinski definition) is 3. The lowest BCUT2D eigenvalue weighted by molar-refractivity contribution is 0.548. The first-order chi connectivity index (χ1) is 8.93. The van der Waals surface area contributed by atoms with Gasteiger partial charge in [-0.1, -0.05) is 39.3 Å². The van der Waals surface area contributed by atoms with Gasteiger partial charge in [0.05, 0.1) is 5.02 Å². The van der Waals surface area contributed by atoms with Crippen LogP contribution < -0.4 is 10.2 Å². The minimum absolute atomic E-state index is 0.615. The molecule has 1 N–H and O–H groups in total. The van der Waals surface area contributed by atoms with Crippen molar-refractivity contribution < 1.29 is 0 Å². The number of nitrogens with zero attached hydrogens (tertiary/aromatic N) is 2. The maximum atomic E-state index is 6.17. The predicted octanol–water partition coefficient (Wildman–Crippen LogP) is 3.57. The van der Waals surface area contributed by atoms with Crippen LogP contribution in [0.25, 0.3) is 0 Å². The quantitative estimate of drug-likeness (QED) is 0.829. The van der Waals surface area contributed by atoms with Crippen LogP contribution in [0.3, 0.4) is 0 Å². The van der Waals surface area contributed by atoms with Crippen LogP contribution >= 0.6 is 11.6 Å². The van der Waals surface area contributed by atoms with Gasteiger partial charge in [-0.25, -0.2) is 4.98 Å². The molecule has 0 spiro atoms. The molecular formula is C15H26ClN3. The highest BCUT2D eigenvalue weighted by Crippen LogP contribution is 2.22. The Morgan fingerprint density at radius 3 is 2.26 bits per heavy atom. The maximum Gasteiger partial charge on any atom is 0.128 e. The first kappa shape index (κ1) is 16.3. The van der Waals surface area contributed by atoms with E-state index in [0.717, 1.165) is 36.0 Å². The molecule has 0 unspecified atom stereocenters. The molecule has 19 heavy (non-hydrogen) atoms. The lowest BCUT2D eigenvalue weighted by Crippen LogP contribution is -2.32. The molecule has 4 heteroatoms. The zero-order valence-electron chi connectivity index (χ0n) is 12.7. The first-order valence-electron chi connectivity index (χ1n) is 6.98. The number of halogens is 1. The Kier molecular flexibility index (Phi) is 6.59. The molecule has 0 aromatic carbocycles. The molecule has 108 valence electrons. The van der Waals surface area contributed by atoms with Gasteiger partial charge in [-0.2, -0.15) is 0 Å². The molecule has 0 saturated heterocycles. The van der Waals surface area contributed by atoms with E-state index in [1.54, 1.807) is 6.20 Å². The topological polar surface area (TPSA) is 28.2 Å². The van der Waals surface area contributed by atoms with E-state index in [2.05, 4.69) is 49.0 Å². The van der Waals surface area contributed by atoms with Crippen molar-refractivity contribution in [2.75, 3.05) is 25.0 Å². The number of pyridine rings is 1. The summed E-state index contributed by atoms with van der Waals surface area (Å²) in [6.07, 6.45) is 1.76. The van der Waals surface area contributed by atoms with Gasteiger partial charge >= 0.3 is 0 Å². The van der Waals surface area contributed by atoms with Gasteiger partial charge in [-0.15, -0.1) is 0 Å². The lowest BCUT2D eigenvalue weighted by Gasteiger charge is -2.28. The summed E-state index contributed by atoms with van der Waals surface area (Å²) >= 11 is 6.17. The molecular weight excluding hydrogens is 258 g/mol. The van der Waals surface area contributed by atoms with Crippen LogP contribution in [-0.4, -0.2) is 25.1 Å². The van der Waals surface area contributed by atoms with E-state index in [1.165, 1.54) is 0 Å². The van der Waals surface area contributed by atoms with Crippen LogP contribution in [-0.2, 0) is 6.54 Å². The third kappa shape index (κ3) is 5.37. The molecule has 0 bridgehead atoms. The second-order valence-corrected chi connectivity index (χ2v) is 6.26. The summed E-state index contributed by atoms with van der Waals surface area (Å²) in [5.74, 6) is 2.25. The van der Waals surface area contributed by atoms with Crippen LogP contribution in [0.15, 0.2) is 12.3 Å². The van der Waals surface area contributed by atoms with Gasteiger partial charge in [-0.05, 0) is 30.5 Å². The molecule has 0 fully saturated rings. The van der Waals surface area contributed by atoms with Crippen LogP contribution in [0.5, 0.6) is 0 Å². The molecule has 0 aliphatic carbocycles. The van der Waals surface area contributed by atoms with Gasteiger partial charge in [0.15, 0.2) is 0 Å². The van der Waals surface area contributed by atoms with Crippen molar-refractivity contribution in [3.8, 4) is 0 Å². The first-order valence-corrected chi connectivity index (χ1v) is 7.35. The van der Waals surface area contributed by atoms with Crippen molar-refractivity contribution in [2.45, 2.75) is 34.2 Å². The molecule has 0 radical (unpaired) electrons. The van der Waals surface area contributed by atoms with E-state index >= 15 is 0 Å². The minimum Gasteiger partial charge on any atom is -0.356 e. The largest absolute Gasteiger partial charge is 0.356 e. The molecule has 0 aliphatic heterocycles. The zero-order valence-corrected chi connectivity index (χ0v) is 13.5. The smallest absolute Gasteiger partial charge is 0.128 e. The highest BCUT2D eigenvalue weighted by atomic mass is 35.5. The van der Waals surface area contributed by atoms with Crippen LogP contribution in [0.4, 0.5) is 5.82 Å². The maximum absolute atomic E-state index is 6.17. The monoisotopic (exact) mass is 283 g/mol. The molecule has 1 heterocycles. The van der Waals surface area contributed by atoms with Crippen molar-refractivity contribution in [3.63, 3.8) is 0 Å². The Bertz CT molecular complexity index is 381. The van der Waals surface area contributed by atoms with Crippen molar-refractivity contribution in [1.82, 2.24) is 10.3 Å². The van der Waals surface area contributed by atoms with Gasteiger partial charge in [-0.3, -0.25) is 0 Å². The van der Waals surface area contributed by atoms with Crippen molar-refractivity contribution in [2.24, 2.45) is 11.8 Å². The number of hydrogen-bond donors (Lipinski definition) is 1. The number of anilines is 1. The highest BCUT2D eigenvalue weighted by molar-refractivity contribution is 6.31. The highest BCUT2D eigenvalue weighted by Gasteiger charge is 2.13. The van der Waals surface area contributed by atoms with E-state index in [1.807, 2.05) is 7.05 Å². The summed E-state index contributed by atoms with van der Waals surface area (Å²) in [5.41, 5.74) is 1.10. The second kappa shape index (κ2) is 7.71. The number of nitrogens with one attached hydrogen (secondary N) is 1. The third-order valence-corrected chi connectivity index (χ3v) is 3.12. The Labute approximate surface area is 122 Å². The van der Waals surface area contributed by atoms with E-state index < -0.39 is 0 Å². The van der Waals surface area contributed by atoms with Crippen LogP contribution in [0.1, 0.15) is 33.3 Å². The van der Waals surface area contributed by atoms with Gasteiger partial charge in [0.25, 0.3) is 0 Å². The van der Waals surface area contributed by atoms with Gasteiger partial charge in [0.1, 0.15) is 5.82 Å².